The molecule has 3 aromatic heterocycles. The van der Waals surface area contributed by atoms with Crippen molar-refractivity contribution in [1.29, 1.82) is 0 Å². The van der Waals surface area contributed by atoms with Crippen LogP contribution in [-0.4, -0.2) is 33.1 Å². The number of benzene rings is 1. The van der Waals surface area contributed by atoms with E-state index in [9.17, 15) is 4.79 Å². The molecule has 0 aliphatic rings. The first-order valence-corrected chi connectivity index (χ1v) is 9.11. The van der Waals surface area contributed by atoms with E-state index in [1.807, 2.05) is 74.0 Å². The first-order chi connectivity index (χ1) is 13.3. The zero-order chi connectivity index (χ0) is 19.9. The van der Waals surface area contributed by atoms with E-state index < -0.39 is 11.7 Å². The van der Waals surface area contributed by atoms with Gasteiger partial charge in [0.2, 0.25) is 0 Å². The number of ether oxygens (including phenoxy) is 1. The Bertz CT molecular complexity index is 1170. The minimum Gasteiger partial charge on any atom is -0.443 e. The number of rotatable bonds is 2. The summed E-state index contributed by atoms with van der Waals surface area (Å²) in [5.74, 6) is 0. The van der Waals surface area contributed by atoms with E-state index in [1.165, 1.54) is 4.90 Å². The molecule has 1 amide bonds. The highest BCUT2D eigenvalue weighted by Crippen LogP contribution is 2.29. The van der Waals surface area contributed by atoms with Gasteiger partial charge in [-0.15, -0.1) is 0 Å². The summed E-state index contributed by atoms with van der Waals surface area (Å²) in [5.41, 5.74) is 3.88. The first-order valence-electron chi connectivity index (χ1n) is 9.11. The number of fused-ring (bicyclic) bond motifs is 2. The quantitative estimate of drug-likeness (QED) is 0.500. The number of pyridine rings is 2. The molecule has 28 heavy (non-hydrogen) atoms. The molecule has 0 saturated heterocycles. The summed E-state index contributed by atoms with van der Waals surface area (Å²) in [5, 5.41) is 1.05. The van der Waals surface area contributed by atoms with Gasteiger partial charge in [-0.05, 0) is 45.0 Å². The number of carbonyl (C=O) groups excluding carboxylic acids is 1. The van der Waals surface area contributed by atoms with Crippen LogP contribution >= 0.6 is 0 Å². The van der Waals surface area contributed by atoms with Crippen molar-refractivity contribution in [2.75, 3.05) is 11.9 Å². The summed E-state index contributed by atoms with van der Waals surface area (Å²) < 4.78 is 7.46. The lowest BCUT2D eigenvalue weighted by Crippen LogP contribution is -2.34. The van der Waals surface area contributed by atoms with Crippen molar-refractivity contribution in [2.45, 2.75) is 26.4 Å². The highest BCUT2D eigenvalue weighted by Gasteiger charge is 2.21. The monoisotopic (exact) mass is 374 g/mol. The van der Waals surface area contributed by atoms with Crippen molar-refractivity contribution >= 4 is 28.3 Å². The van der Waals surface area contributed by atoms with Crippen LogP contribution in [0.2, 0.25) is 0 Å². The number of hydrogen-bond acceptors (Lipinski definition) is 4. The van der Waals surface area contributed by atoms with E-state index in [0.717, 1.165) is 33.5 Å². The van der Waals surface area contributed by atoms with Gasteiger partial charge in [-0.2, -0.15) is 0 Å². The molecular weight excluding hydrogens is 352 g/mol. The number of hydrogen-bond donors (Lipinski definition) is 0. The number of imidazole rings is 1. The first kappa shape index (κ1) is 18.0. The Kier molecular flexibility index (Phi) is 4.26. The Labute approximate surface area is 163 Å². The van der Waals surface area contributed by atoms with Crippen LogP contribution in [0.25, 0.3) is 27.8 Å². The Hall–Kier alpha value is -3.41. The van der Waals surface area contributed by atoms with Gasteiger partial charge < -0.3 is 4.74 Å². The zero-order valence-electron chi connectivity index (χ0n) is 16.4. The molecule has 0 radical (unpaired) electrons. The Balaban J connectivity index is 1.80. The maximum absolute atomic E-state index is 12.4. The van der Waals surface area contributed by atoms with Crippen molar-refractivity contribution in [3.05, 3.63) is 61.1 Å². The summed E-state index contributed by atoms with van der Waals surface area (Å²) >= 11 is 0. The van der Waals surface area contributed by atoms with Gasteiger partial charge in [0.1, 0.15) is 11.2 Å². The molecule has 0 N–H and O–H groups in total. The summed E-state index contributed by atoms with van der Waals surface area (Å²) in [6.45, 7) is 5.55. The third-order valence-electron chi connectivity index (χ3n) is 4.47. The maximum Gasteiger partial charge on any atom is 0.414 e. The molecule has 0 aliphatic carbocycles. The van der Waals surface area contributed by atoms with Gasteiger partial charge in [0.15, 0.2) is 0 Å². The maximum atomic E-state index is 12.4. The number of anilines is 1. The number of aromatic nitrogens is 3. The lowest BCUT2D eigenvalue weighted by Gasteiger charge is -2.24. The van der Waals surface area contributed by atoms with Crippen LogP contribution in [0.1, 0.15) is 20.8 Å². The minimum atomic E-state index is -0.550. The van der Waals surface area contributed by atoms with Crippen molar-refractivity contribution in [1.82, 2.24) is 14.4 Å². The van der Waals surface area contributed by atoms with E-state index in [1.54, 1.807) is 13.2 Å². The number of carbonyl (C=O) groups is 1. The van der Waals surface area contributed by atoms with Crippen LogP contribution in [-0.2, 0) is 4.74 Å². The summed E-state index contributed by atoms with van der Waals surface area (Å²) in [6, 6.07) is 13.8. The smallest absolute Gasteiger partial charge is 0.414 e. The molecule has 0 bridgehead atoms. The standard InChI is InChI=1S/C22H22N4O2/c1-22(2,3)28-21(27)25(4)15-10-11-20-24-13-19(26(20)14-15)17-7-5-9-18-16(17)8-6-12-23-18/h5-14H,1-4H3. The van der Waals surface area contributed by atoms with Gasteiger partial charge in [0.25, 0.3) is 0 Å². The van der Waals surface area contributed by atoms with E-state index in [0.29, 0.717) is 0 Å². The molecule has 6 heteroatoms. The third kappa shape index (κ3) is 3.29. The topological polar surface area (TPSA) is 59.7 Å². The summed E-state index contributed by atoms with van der Waals surface area (Å²) in [7, 11) is 1.70. The lowest BCUT2D eigenvalue weighted by molar-refractivity contribution is 0.0589. The predicted molar refractivity (Wildman–Crippen MR) is 111 cm³/mol. The summed E-state index contributed by atoms with van der Waals surface area (Å²) in [6.07, 6.45) is 5.13. The van der Waals surface area contributed by atoms with Crippen molar-refractivity contribution in [2.24, 2.45) is 0 Å². The highest BCUT2D eigenvalue weighted by molar-refractivity contribution is 5.94. The van der Waals surface area contributed by atoms with Gasteiger partial charge in [0, 0.05) is 30.4 Å². The highest BCUT2D eigenvalue weighted by atomic mass is 16.6. The number of nitrogens with zero attached hydrogens (tertiary/aromatic N) is 4. The molecule has 4 rings (SSSR count). The minimum absolute atomic E-state index is 0.400. The normalized spacial score (nSPS) is 11.7. The Morgan fingerprint density at radius 1 is 1.07 bits per heavy atom. The van der Waals surface area contributed by atoms with Gasteiger partial charge >= 0.3 is 6.09 Å². The molecule has 0 spiro atoms. The average molecular weight is 374 g/mol. The second-order valence-corrected chi connectivity index (χ2v) is 7.67. The molecule has 4 aromatic rings. The largest absolute Gasteiger partial charge is 0.443 e. The fraction of sp³-hybridized carbons (Fsp3) is 0.227. The van der Waals surface area contributed by atoms with Gasteiger partial charge in [-0.1, -0.05) is 18.2 Å². The average Bonchev–Trinajstić information content (AvgIpc) is 3.08. The summed E-state index contributed by atoms with van der Waals surface area (Å²) in [4.78, 5) is 22.9. The molecule has 0 unspecified atom stereocenters. The fourth-order valence-electron chi connectivity index (χ4n) is 3.13. The third-order valence-corrected chi connectivity index (χ3v) is 4.47. The van der Waals surface area contributed by atoms with Crippen molar-refractivity contribution in [3.8, 4) is 11.3 Å². The molecule has 0 aliphatic heterocycles. The van der Waals surface area contributed by atoms with Gasteiger partial charge in [0.05, 0.1) is 23.1 Å². The molecule has 3 heterocycles. The van der Waals surface area contributed by atoms with Crippen LogP contribution in [0.4, 0.5) is 10.5 Å². The van der Waals surface area contributed by atoms with Crippen LogP contribution in [0.5, 0.6) is 0 Å². The van der Waals surface area contributed by atoms with E-state index >= 15 is 0 Å². The van der Waals surface area contributed by atoms with E-state index in [-0.39, 0.29) is 0 Å². The van der Waals surface area contributed by atoms with Crippen LogP contribution < -0.4 is 4.90 Å². The van der Waals surface area contributed by atoms with Crippen LogP contribution in [0.3, 0.4) is 0 Å². The van der Waals surface area contributed by atoms with Gasteiger partial charge in [-0.25, -0.2) is 9.78 Å². The molecule has 0 atom stereocenters. The Morgan fingerprint density at radius 3 is 2.68 bits per heavy atom. The van der Waals surface area contributed by atoms with E-state index in [4.69, 9.17) is 4.74 Å². The van der Waals surface area contributed by atoms with Crippen molar-refractivity contribution < 1.29 is 9.53 Å². The SMILES string of the molecule is CN(C(=O)OC(C)(C)C)c1ccc2ncc(-c3cccc4ncccc34)n2c1. The molecule has 1 aromatic carbocycles. The van der Waals surface area contributed by atoms with Gasteiger partial charge in [-0.3, -0.25) is 14.3 Å². The molecule has 6 nitrogen and oxygen atoms in total. The lowest BCUT2D eigenvalue weighted by atomic mass is 10.1. The zero-order valence-corrected chi connectivity index (χ0v) is 16.4. The molecule has 0 fully saturated rings. The Morgan fingerprint density at radius 2 is 1.89 bits per heavy atom. The predicted octanol–water partition coefficient (Wildman–Crippen LogP) is 4.92. The second kappa shape index (κ2) is 6.64. The van der Waals surface area contributed by atoms with Crippen LogP contribution in [0, 0.1) is 0 Å². The van der Waals surface area contributed by atoms with Crippen molar-refractivity contribution in [3.63, 3.8) is 0 Å². The van der Waals surface area contributed by atoms with Crippen LogP contribution in [0.15, 0.2) is 61.1 Å². The number of amides is 1. The molecule has 0 saturated carbocycles. The molecular formula is C22H22N4O2. The second-order valence-electron chi connectivity index (χ2n) is 7.67. The fourth-order valence-corrected chi connectivity index (χ4v) is 3.13. The van der Waals surface area contributed by atoms with E-state index in [2.05, 4.69) is 16.0 Å². The molecule has 142 valence electrons.